The molecule has 0 aliphatic heterocycles. The number of hydrogen-bond donors (Lipinski definition) is 2. The number of carbonyl (C=O) groups is 1. The van der Waals surface area contributed by atoms with Gasteiger partial charge in [0.15, 0.2) is 5.76 Å². The van der Waals surface area contributed by atoms with Crippen molar-refractivity contribution in [3.63, 3.8) is 0 Å². The van der Waals surface area contributed by atoms with Crippen LogP contribution in [0.3, 0.4) is 0 Å². The zero-order chi connectivity index (χ0) is 19.3. The molecule has 1 heterocycles. The van der Waals surface area contributed by atoms with Crippen molar-refractivity contribution < 1.29 is 17.6 Å². The van der Waals surface area contributed by atoms with Crippen molar-refractivity contribution in [1.29, 1.82) is 0 Å². The van der Waals surface area contributed by atoms with E-state index >= 15 is 0 Å². The van der Waals surface area contributed by atoms with E-state index in [-0.39, 0.29) is 23.9 Å². The van der Waals surface area contributed by atoms with Crippen LogP contribution in [0.5, 0.6) is 0 Å². The molecular weight excluding hydrogens is 366 g/mol. The molecule has 0 fully saturated rings. The summed E-state index contributed by atoms with van der Waals surface area (Å²) in [5, 5.41) is 2.53. The van der Waals surface area contributed by atoms with Crippen molar-refractivity contribution in [3.8, 4) is 22.8 Å². The van der Waals surface area contributed by atoms with E-state index in [9.17, 15) is 13.2 Å². The maximum Gasteiger partial charge on any atom is 0.240 e. The second-order valence-electron chi connectivity index (χ2n) is 5.80. The largest absolute Gasteiger partial charge is 0.436 e. The number of hydrogen-bond acceptors (Lipinski definition) is 5. The topological polar surface area (TPSA) is 101 Å². The van der Waals surface area contributed by atoms with Crippen LogP contribution in [0.1, 0.15) is 6.92 Å². The summed E-state index contributed by atoms with van der Waals surface area (Å²) in [6.07, 6.45) is 1.64. The maximum absolute atomic E-state index is 12.3. The molecule has 2 N–H and O–H groups in total. The summed E-state index contributed by atoms with van der Waals surface area (Å²) in [6, 6.07) is 15.9. The number of sulfonamides is 1. The molecule has 0 aliphatic rings. The van der Waals surface area contributed by atoms with Gasteiger partial charge in [-0.25, -0.2) is 18.1 Å². The summed E-state index contributed by atoms with van der Waals surface area (Å²) in [5.74, 6) is 0.845. The van der Waals surface area contributed by atoms with Crippen LogP contribution in [0.15, 0.2) is 70.1 Å². The van der Waals surface area contributed by atoms with E-state index in [0.717, 1.165) is 5.56 Å². The Balaban J connectivity index is 1.70. The minimum atomic E-state index is -3.65. The number of amides is 1. The zero-order valence-electron chi connectivity index (χ0n) is 14.7. The third-order valence-corrected chi connectivity index (χ3v) is 5.24. The van der Waals surface area contributed by atoms with Gasteiger partial charge in [-0.1, -0.05) is 30.3 Å². The predicted octanol–water partition coefficient (Wildman–Crippen LogP) is 2.42. The summed E-state index contributed by atoms with van der Waals surface area (Å²) in [6.45, 7) is 1.72. The van der Waals surface area contributed by atoms with E-state index in [0.29, 0.717) is 17.2 Å². The van der Waals surface area contributed by atoms with Crippen LogP contribution in [-0.4, -0.2) is 32.4 Å². The van der Waals surface area contributed by atoms with Crippen molar-refractivity contribution in [1.82, 2.24) is 15.0 Å². The highest BCUT2D eigenvalue weighted by atomic mass is 32.2. The highest BCUT2D eigenvalue weighted by Gasteiger charge is 2.15. The van der Waals surface area contributed by atoms with Gasteiger partial charge in [0, 0.05) is 31.1 Å². The lowest BCUT2D eigenvalue weighted by atomic mass is 10.2. The lowest BCUT2D eigenvalue weighted by molar-refractivity contribution is -0.118. The number of nitrogens with one attached hydrogen (secondary N) is 2. The van der Waals surface area contributed by atoms with E-state index < -0.39 is 10.0 Å². The normalized spacial score (nSPS) is 11.3. The molecule has 1 aromatic heterocycles. The smallest absolute Gasteiger partial charge is 0.240 e. The van der Waals surface area contributed by atoms with Gasteiger partial charge in [-0.05, 0) is 24.3 Å². The second kappa shape index (κ2) is 8.15. The number of oxazole rings is 1. The Morgan fingerprint density at radius 2 is 1.70 bits per heavy atom. The minimum absolute atomic E-state index is 0.115. The molecule has 0 bridgehead atoms. The maximum atomic E-state index is 12.3. The lowest BCUT2D eigenvalue weighted by Crippen LogP contribution is -2.33. The van der Waals surface area contributed by atoms with Crippen LogP contribution >= 0.6 is 0 Å². The van der Waals surface area contributed by atoms with Gasteiger partial charge in [0.05, 0.1) is 11.1 Å². The molecule has 0 saturated carbocycles. The Hall–Kier alpha value is -2.97. The Kier molecular flexibility index (Phi) is 5.68. The summed E-state index contributed by atoms with van der Waals surface area (Å²) in [5.41, 5.74) is 1.59. The van der Waals surface area contributed by atoms with Gasteiger partial charge >= 0.3 is 0 Å². The first-order valence-electron chi connectivity index (χ1n) is 8.31. The van der Waals surface area contributed by atoms with Crippen molar-refractivity contribution in [2.24, 2.45) is 0 Å². The molecule has 3 aromatic rings. The SMILES string of the molecule is CC(=O)NCCNS(=O)(=O)c1ccc(-c2ncc(-c3ccccc3)o2)cc1. The first-order valence-corrected chi connectivity index (χ1v) is 9.80. The van der Waals surface area contributed by atoms with Crippen LogP contribution < -0.4 is 10.0 Å². The van der Waals surface area contributed by atoms with Crippen LogP contribution in [0.25, 0.3) is 22.8 Å². The Labute approximate surface area is 157 Å². The summed E-state index contributed by atoms with van der Waals surface area (Å²) in [7, 11) is -3.65. The highest BCUT2D eigenvalue weighted by Crippen LogP contribution is 2.26. The minimum Gasteiger partial charge on any atom is -0.436 e. The standard InChI is InChI=1S/C19H19N3O4S/c1-14(23)20-11-12-22-27(24,25)17-9-7-16(8-10-17)19-21-13-18(26-19)15-5-3-2-4-6-15/h2-10,13,22H,11-12H2,1H3,(H,20,23). The van der Waals surface area contributed by atoms with E-state index in [1.54, 1.807) is 18.3 Å². The summed E-state index contributed by atoms with van der Waals surface area (Å²) >= 11 is 0. The number of nitrogens with zero attached hydrogens (tertiary/aromatic N) is 1. The molecule has 8 heteroatoms. The molecule has 0 aliphatic carbocycles. The van der Waals surface area contributed by atoms with Crippen molar-refractivity contribution in [3.05, 3.63) is 60.8 Å². The number of carbonyl (C=O) groups excluding carboxylic acids is 1. The van der Waals surface area contributed by atoms with Gasteiger partial charge in [0.25, 0.3) is 0 Å². The molecule has 0 atom stereocenters. The van der Waals surface area contributed by atoms with Gasteiger partial charge in [-0.3, -0.25) is 4.79 Å². The monoisotopic (exact) mass is 385 g/mol. The van der Waals surface area contributed by atoms with E-state index in [4.69, 9.17) is 4.42 Å². The summed E-state index contributed by atoms with van der Waals surface area (Å²) < 4.78 is 32.7. The molecule has 3 rings (SSSR count). The Morgan fingerprint density at radius 1 is 1.00 bits per heavy atom. The number of aromatic nitrogens is 1. The number of benzene rings is 2. The predicted molar refractivity (Wildman–Crippen MR) is 101 cm³/mol. The van der Waals surface area contributed by atoms with Crippen LogP contribution in [0.4, 0.5) is 0 Å². The van der Waals surface area contributed by atoms with Gasteiger partial charge in [-0.2, -0.15) is 0 Å². The molecule has 2 aromatic carbocycles. The molecule has 140 valence electrons. The summed E-state index contributed by atoms with van der Waals surface area (Å²) in [4.78, 5) is 15.2. The van der Waals surface area contributed by atoms with Crippen molar-refractivity contribution >= 4 is 15.9 Å². The van der Waals surface area contributed by atoms with E-state index in [2.05, 4.69) is 15.0 Å². The van der Waals surface area contributed by atoms with Gasteiger partial charge < -0.3 is 9.73 Å². The fourth-order valence-electron chi connectivity index (χ4n) is 2.43. The molecule has 27 heavy (non-hydrogen) atoms. The fraction of sp³-hybridized carbons (Fsp3) is 0.158. The molecular formula is C19H19N3O4S. The third kappa shape index (κ3) is 4.81. The van der Waals surface area contributed by atoms with E-state index in [1.807, 2.05) is 30.3 Å². The van der Waals surface area contributed by atoms with Crippen LogP contribution in [0.2, 0.25) is 0 Å². The average molecular weight is 385 g/mol. The highest BCUT2D eigenvalue weighted by molar-refractivity contribution is 7.89. The third-order valence-electron chi connectivity index (χ3n) is 3.77. The Morgan fingerprint density at radius 3 is 2.37 bits per heavy atom. The van der Waals surface area contributed by atoms with Gasteiger partial charge in [0.1, 0.15) is 0 Å². The van der Waals surface area contributed by atoms with Gasteiger partial charge in [-0.15, -0.1) is 0 Å². The first-order chi connectivity index (χ1) is 13.0. The molecule has 0 saturated heterocycles. The first kappa shape index (κ1) is 18.8. The fourth-order valence-corrected chi connectivity index (χ4v) is 3.46. The molecule has 0 spiro atoms. The van der Waals surface area contributed by atoms with Crippen molar-refractivity contribution in [2.75, 3.05) is 13.1 Å². The molecule has 7 nitrogen and oxygen atoms in total. The second-order valence-corrected chi connectivity index (χ2v) is 7.57. The zero-order valence-corrected chi connectivity index (χ0v) is 15.5. The van der Waals surface area contributed by atoms with Crippen molar-refractivity contribution in [2.45, 2.75) is 11.8 Å². The quantitative estimate of drug-likeness (QED) is 0.608. The molecule has 0 unspecified atom stereocenters. The van der Waals surface area contributed by atoms with E-state index in [1.165, 1.54) is 19.1 Å². The molecule has 0 radical (unpaired) electrons. The Bertz CT molecular complexity index is 1010. The molecule has 1 amide bonds. The average Bonchev–Trinajstić information content (AvgIpc) is 3.16. The van der Waals surface area contributed by atoms with Crippen LogP contribution in [0, 0.1) is 0 Å². The number of rotatable bonds is 7. The van der Waals surface area contributed by atoms with Gasteiger partial charge in [0.2, 0.25) is 21.8 Å². The lowest BCUT2D eigenvalue weighted by Gasteiger charge is -2.07. The van der Waals surface area contributed by atoms with Crippen LogP contribution in [-0.2, 0) is 14.8 Å².